The molecule has 1 aromatic carbocycles. The number of esters is 2. The monoisotopic (exact) mass is 644 g/mol. The molecule has 0 unspecified atom stereocenters. The molecule has 0 radical (unpaired) electrons. The normalized spacial score (nSPS) is 24.2. The van der Waals surface area contributed by atoms with Crippen molar-refractivity contribution in [3.05, 3.63) is 22.7 Å². The summed E-state index contributed by atoms with van der Waals surface area (Å²) in [5.41, 5.74) is 0. The number of rotatable bonds is 16. The Balaban J connectivity index is 1.31. The second kappa shape index (κ2) is 17.9. The minimum absolute atomic E-state index is 0.202. The van der Waals surface area contributed by atoms with Crippen molar-refractivity contribution in [1.82, 2.24) is 0 Å². The molecule has 1 aromatic rings. The molecule has 2 aliphatic rings. The zero-order chi connectivity index (χ0) is 29.6. The fourth-order valence-electron chi connectivity index (χ4n) is 5.42. The number of ether oxygens (including phenoxy) is 4. The molecule has 0 saturated heterocycles. The lowest BCUT2D eigenvalue weighted by atomic mass is 9.88. The van der Waals surface area contributed by atoms with E-state index in [0.717, 1.165) is 80.2 Å². The van der Waals surface area contributed by atoms with Gasteiger partial charge in [-0.25, -0.2) is 18.4 Å². The average Bonchev–Trinajstić information content (AvgIpc) is 2.98. The summed E-state index contributed by atoms with van der Waals surface area (Å²) >= 11 is 3.59. The van der Waals surface area contributed by atoms with Crippen molar-refractivity contribution in [2.45, 2.75) is 128 Å². The predicted octanol–water partition coefficient (Wildman–Crippen LogP) is 8.47. The lowest BCUT2D eigenvalue weighted by Gasteiger charge is -2.29. The minimum atomic E-state index is -1.52. The number of carbonyl (C=O) groups is 2. The number of hydrogen-bond acceptors (Lipinski definition) is 6. The molecule has 0 aliphatic heterocycles. The number of unbranched alkanes of at least 4 members (excludes halogenated alkanes) is 2. The van der Waals surface area contributed by atoms with Gasteiger partial charge in [-0.15, -0.1) is 0 Å². The highest BCUT2D eigenvalue weighted by Crippen LogP contribution is 2.33. The first kappa shape index (κ1) is 33.6. The van der Waals surface area contributed by atoms with Crippen LogP contribution in [0.3, 0.4) is 0 Å². The Hall–Kier alpha value is -1.90. The fraction of sp³-hybridized carbons (Fsp3) is 0.750. The van der Waals surface area contributed by atoms with Crippen molar-refractivity contribution in [2.24, 2.45) is 11.8 Å². The Morgan fingerprint density at radius 2 is 1.24 bits per heavy atom. The van der Waals surface area contributed by atoms with Crippen molar-refractivity contribution < 1.29 is 37.3 Å². The Morgan fingerprint density at radius 1 is 0.780 bits per heavy atom. The quantitative estimate of drug-likeness (QED) is 0.168. The third-order valence-corrected chi connectivity index (χ3v) is 8.77. The van der Waals surface area contributed by atoms with Crippen LogP contribution in [0.4, 0.5) is 8.78 Å². The van der Waals surface area contributed by atoms with Crippen LogP contribution in [-0.4, -0.2) is 49.7 Å². The van der Waals surface area contributed by atoms with Gasteiger partial charge in [0.15, 0.2) is 12.3 Å². The van der Waals surface area contributed by atoms with E-state index >= 15 is 0 Å². The van der Waals surface area contributed by atoms with Crippen LogP contribution in [0.5, 0.6) is 11.5 Å². The van der Waals surface area contributed by atoms with Gasteiger partial charge < -0.3 is 18.9 Å². The first-order chi connectivity index (χ1) is 19.8. The first-order valence-electron chi connectivity index (χ1n) is 15.5. The van der Waals surface area contributed by atoms with E-state index in [1.54, 1.807) is 0 Å². The van der Waals surface area contributed by atoms with E-state index in [4.69, 9.17) is 18.9 Å². The number of halogens is 3. The average molecular weight is 646 g/mol. The van der Waals surface area contributed by atoms with Gasteiger partial charge in [0.25, 0.3) is 0 Å². The molecule has 0 amide bonds. The SMILES string of the molecule is CCCC[C@H](F)C(=O)OC1CCC(COc2ccc(OCC3CCC(OC(=O)[C@@H](F)CCCC)CC3)c(Br)c2)CC1. The molecule has 9 heteroatoms. The maximum atomic E-state index is 13.9. The van der Waals surface area contributed by atoms with Gasteiger partial charge in [-0.1, -0.05) is 39.5 Å². The minimum Gasteiger partial charge on any atom is -0.493 e. The van der Waals surface area contributed by atoms with Crippen molar-refractivity contribution >= 4 is 27.9 Å². The Labute approximate surface area is 252 Å². The maximum absolute atomic E-state index is 13.9. The van der Waals surface area contributed by atoms with Crippen LogP contribution in [0, 0.1) is 11.8 Å². The zero-order valence-corrected chi connectivity index (χ0v) is 26.2. The van der Waals surface area contributed by atoms with E-state index in [1.807, 2.05) is 32.0 Å². The second-order valence-electron chi connectivity index (χ2n) is 11.6. The third kappa shape index (κ3) is 11.7. The highest BCUT2D eigenvalue weighted by atomic mass is 79.9. The van der Waals surface area contributed by atoms with Crippen LogP contribution < -0.4 is 9.47 Å². The van der Waals surface area contributed by atoms with Crippen LogP contribution in [0.2, 0.25) is 0 Å². The molecule has 6 nitrogen and oxygen atoms in total. The van der Waals surface area contributed by atoms with Gasteiger partial charge >= 0.3 is 11.9 Å². The van der Waals surface area contributed by atoms with Crippen molar-refractivity contribution in [3.63, 3.8) is 0 Å². The number of carbonyl (C=O) groups excluding carboxylic acids is 2. The lowest BCUT2D eigenvalue weighted by Crippen LogP contribution is -2.30. The molecule has 2 fully saturated rings. The lowest BCUT2D eigenvalue weighted by molar-refractivity contribution is -0.158. The van der Waals surface area contributed by atoms with Crippen molar-refractivity contribution in [1.29, 1.82) is 0 Å². The van der Waals surface area contributed by atoms with Gasteiger partial charge in [-0.2, -0.15) is 0 Å². The first-order valence-corrected chi connectivity index (χ1v) is 16.3. The Morgan fingerprint density at radius 3 is 1.68 bits per heavy atom. The summed E-state index contributed by atoms with van der Waals surface area (Å²) in [5.74, 6) is 0.786. The summed E-state index contributed by atoms with van der Waals surface area (Å²) in [5, 5.41) is 0. The van der Waals surface area contributed by atoms with Crippen LogP contribution in [-0.2, 0) is 19.1 Å². The maximum Gasteiger partial charge on any atom is 0.340 e. The van der Waals surface area contributed by atoms with Gasteiger partial charge in [0, 0.05) is 0 Å². The van der Waals surface area contributed by atoms with E-state index in [0.29, 0.717) is 37.9 Å². The smallest absolute Gasteiger partial charge is 0.340 e. The summed E-state index contributed by atoms with van der Waals surface area (Å²) in [6, 6.07) is 5.70. The largest absolute Gasteiger partial charge is 0.493 e. The second-order valence-corrected chi connectivity index (χ2v) is 12.4. The summed E-state index contributed by atoms with van der Waals surface area (Å²) in [7, 11) is 0. The standard InChI is InChI=1S/C32H47BrF2O6/c1-3-5-7-28(34)31(36)40-24-13-9-22(10-14-24)20-38-26-17-18-30(27(33)19-26)39-21-23-11-15-25(16-12-23)41-32(37)29(35)8-6-4-2/h17-19,22-25,28-29H,3-16,20-21H2,1-2H3/t22?,23?,24?,25?,28-,29-/m0/s1. The van der Waals surface area contributed by atoms with Crippen LogP contribution in [0.1, 0.15) is 104 Å². The molecule has 2 atom stereocenters. The molecule has 0 spiro atoms. The summed E-state index contributed by atoms with van der Waals surface area (Å²) < 4.78 is 51.5. The van der Waals surface area contributed by atoms with Gasteiger partial charge in [0.1, 0.15) is 23.7 Å². The molecule has 0 bridgehead atoms. The van der Waals surface area contributed by atoms with Crippen molar-refractivity contribution in [2.75, 3.05) is 13.2 Å². The van der Waals surface area contributed by atoms with Crippen LogP contribution in [0.25, 0.3) is 0 Å². The van der Waals surface area contributed by atoms with Crippen molar-refractivity contribution in [3.8, 4) is 11.5 Å². The molecule has 2 aliphatic carbocycles. The van der Waals surface area contributed by atoms with E-state index < -0.39 is 24.3 Å². The van der Waals surface area contributed by atoms with Gasteiger partial charge in [-0.3, -0.25) is 0 Å². The summed E-state index contributed by atoms with van der Waals surface area (Å²) in [4.78, 5) is 23.9. The topological polar surface area (TPSA) is 71.1 Å². The molecule has 0 N–H and O–H groups in total. The molecule has 41 heavy (non-hydrogen) atoms. The highest BCUT2D eigenvalue weighted by molar-refractivity contribution is 9.10. The number of benzene rings is 1. The molecule has 0 heterocycles. The van der Waals surface area contributed by atoms with E-state index in [9.17, 15) is 18.4 Å². The van der Waals surface area contributed by atoms with Gasteiger partial charge in [-0.05, 0) is 110 Å². The highest BCUT2D eigenvalue weighted by Gasteiger charge is 2.29. The third-order valence-electron chi connectivity index (χ3n) is 8.15. The van der Waals surface area contributed by atoms with Gasteiger partial charge in [0.05, 0.1) is 17.7 Å². The molecule has 0 aromatic heterocycles. The van der Waals surface area contributed by atoms with E-state index in [1.165, 1.54) is 0 Å². The summed E-state index contributed by atoms with van der Waals surface area (Å²) in [6.45, 7) is 5.09. The molecule has 232 valence electrons. The summed E-state index contributed by atoms with van der Waals surface area (Å²) in [6.07, 6.45) is 6.55. The number of alkyl halides is 2. The molecular formula is C32H47BrF2O6. The van der Waals surface area contributed by atoms with Crippen LogP contribution in [0.15, 0.2) is 22.7 Å². The predicted molar refractivity (Wildman–Crippen MR) is 158 cm³/mol. The van der Waals surface area contributed by atoms with E-state index in [-0.39, 0.29) is 25.0 Å². The van der Waals surface area contributed by atoms with Gasteiger partial charge in [0.2, 0.25) is 0 Å². The Kier molecular flexibility index (Phi) is 14.7. The van der Waals surface area contributed by atoms with E-state index in [2.05, 4.69) is 15.9 Å². The molecule has 3 rings (SSSR count). The van der Waals surface area contributed by atoms with Crippen LogP contribution >= 0.6 is 15.9 Å². The molecule has 2 saturated carbocycles. The fourth-order valence-corrected chi connectivity index (χ4v) is 5.89. The zero-order valence-electron chi connectivity index (χ0n) is 24.6. The Bertz CT molecular complexity index is 931. The molecular weight excluding hydrogens is 598 g/mol. The number of hydrogen-bond donors (Lipinski definition) is 0.